The van der Waals surface area contributed by atoms with Crippen LogP contribution in [-0.2, 0) is 17.1 Å². The second-order valence-electron chi connectivity index (χ2n) is 9.02. The van der Waals surface area contributed by atoms with Gasteiger partial charge in [0.25, 0.3) is 15.6 Å². The molecule has 5 rings (SSSR count). The fourth-order valence-corrected chi connectivity index (χ4v) is 5.94. The molecule has 0 atom stereocenters. The van der Waals surface area contributed by atoms with Gasteiger partial charge in [0.1, 0.15) is 5.75 Å². The van der Waals surface area contributed by atoms with E-state index < -0.39 is 10.0 Å². The standard InChI is InChI=1S/C28H25N3O4S/c1-17-5-8-23(9-6-17)36(34,35)31-24(20-11-12-30(4)26(33)15-20)14-21-13-22(16-29-28(21)31)27-18(2)7-10-25(32)19(27)3/h5-16,32H,1-4H3. The van der Waals surface area contributed by atoms with Crippen LogP contribution in [-0.4, -0.2) is 27.0 Å². The number of hydrogen-bond acceptors (Lipinski definition) is 5. The first-order valence-electron chi connectivity index (χ1n) is 11.4. The summed E-state index contributed by atoms with van der Waals surface area (Å²) in [6.45, 7) is 5.67. The Hall–Kier alpha value is -4.17. The molecule has 0 bridgehead atoms. The molecule has 1 N–H and O–H groups in total. The molecule has 0 amide bonds. The van der Waals surface area contributed by atoms with Crippen molar-refractivity contribution < 1.29 is 13.5 Å². The van der Waals surface area contributed by atoms with Gasteiger partial charge in [-0.15, -0.1) is 0 Å². The Morgan fingerprint density at radius 3 is 2.31 bits per heavy atom. The van der Waals surface area contributed by atoms with E-state index in [9.17, 15) is 18.3 Å². The summed E-state index contributed by atoms with van der Waals surface area (Å²) in [5, 5.41) is 10.9. The highest BCUT2D eigenvalue weighted by Gasteiger charge is 2.25. The van der Waals surface area contributed by atoms with E-state index >= 15 is 0 Å². The van der Waals surface area contributed by atoms with Crippen LogP contribution in [0.4, 0.5) is 0 Å². The predicted molar refractivity (Wildman–Crippen MR) is 141 cm³/mol. The molecule has 0 unspecified atom stereocenters. The van der Waals surface area contributed by atoms with Gasteiger partial charge in [-0.1, -0.05) is 23.8 Å². The third-order valence-electron chi connectivity index (χ3n) is 6.49. The molecular weight excluding hydrogens is 474 g/mol. The summed E-state index contributed by atoms with van der Waals surface area (Å²) in [5.74, 6) is 0.177. The summed E-state index contributed by atoms with van der Waals surface area (Å²) < 4.78 is 30.4. The van der Waals surface area contributed by atoms with Crippen LogP contribution in [0.15, 0.2) is 82.7 Å². The lowest BCUT2D eigenvalue weighted by Gasteiger charge is -2.13. The number of aromatic nitrogens is 3. The summed E-state index contributed by atoms with van der Waals surface area (Å²) in [7, 11) is -2.40. The topological polar surface area (TPSA) is 94.2 Å². The molecule has 5 aromatic rings. The van der Waals surface area contributed by atoms with E-state index in [1.165, 1.54) is 14.6 Å². The molecule has 0 fully saturated rings. The second-order valence-corrected chi connectivity index (χ2v) is 10.8. The van der Waals surface area contributed by atoms with Crippen molar-refractivity contribution in [1.82, 2.24) is 13.5 Å². The van der Waals surface area contributed by atoms with E-state index in [1.807, 2.05) is 32.9 Å². The lowest BCUT2D eigenvalue weighted by Crippen LogP contribution is -2.17. The lowest BCUT2D eigenvalue weighted by molar-refractivity contribution is 0.471. The van der Waals surface area contributed by atoms with E-state index in [-0.39, 0.29) is 21.9 Å². The molecule has 0 radical (unpaired) electrons. The minimum atomic E-state index is -4.04. The molecule has 3 aromatic heterocycles. The van der Waals surface area contributed by atoms with Crippen LogP contribution in [0.2, 0.25) is 0 Å². The van der Waals surface area contributed by atoms with Crippen LogP contribution in [0.1, 0.15) is 16.7 Å². The van der Waals surface area contributed by atoms with Gasteiger partial charge >= 0.3 is 0 Å². The molecule has 0 aliphatic carbocycles. The molecule has 0 spiro atoms. The summed E-state index contributed by atoms with van der Waals surface area (Å²) >= 11 is 0. The number of nitrogens with zero attached hydrogens (tertiary/aromatic N) is 3. The molecule has 0 saturated heterocycles. The van der Waals surface area contributed by atoms with Crippen molar-refractivity contribution in [2.45, 2.75) is 25.7 Å². The Kier molecular flexibility index (Phi) is 5.56. The first-order valence-corrected chi connectivity index (χ1v) is 12.8. The Labute approximate surface area is 209 Å². The average Bonchev–Trinajstić information content (AvgIpc) is 3.23. The molecule has 0 aliphatic heterocycles. The number of fused-ring (bicyclic) bond motifs is 1. The monoisotopic (exact) mass is 499 g/mol. The van der Waals surface area contributed by atoms with Crippen molar-refractivity contribution in [3.05, 3.63) is 100 Å². The normalized spacial score (nSPS) is 11.8. The molecule has 7 nitrogen and oxygen atoms in total. The number of phenolic OH excluding ortho intramolecular Hbond substituents is 1. The molecular formula is C28H25N3O4S. The number of aromatic hydroxyl groups is 1. The maximum absolute atomic E-state index is 13.9. The van der Waals surface area contributed by atoms with Crippen molar-refractivity contribution in [1.29, 1.82) is 0 Å². The van der Waals surface area contributed by atoms with Gasteiger partial charge in [0.05, 0.1) is 10.6 Å². The van der Waals surface area contributed by atoms with Gasteiger partial charge in [0, 0.05) is 42.0 Å². The first-order chi connectivity index (χ1) is 17.1. The summed E-state index contributed by atoms with van der Waals surface area (Å²) in [6.07, 6.45) is 3.22. The SMILES string of the molecule is Cc1ccc(S(=O)(=O)n2c(-c3ccn(C)c(=O)c3)cc3cc(-c4c(C)ccc(O)c4C)cnc32)cc1. The fraction of sp³-hybridized carbons (Fsp3) is 0.143. The van der Waals surface area contributed by atoms with Crippen LogP contribution >= 0.6 is 0 Å². The summed E-state index contributed by atoms with van der Waals surface area (Å²) in [4.78, 5) is 17.1. The Morgan fingerprint density at radius 1 is 0.889 bits per heavy atom. The van der Waals surface area contributed by atoms with Gasteiger partial charge < -0.3 is 9.67 Å². The highest BCUT2D eigenvalue weighted by molar-refractivity contribution is 7.90. The predicted octanol–water partition coefficient (Wildman–Crippen LogP) is 4.94. The van der Waals surface area contributed by atoms with Gasteiger partial charge in [-0.25, -0.2) is 17.4 Å². The third kappa shape index (κ3) is 3.79. The van der Waals surface area contributed by atoms with E-state index in [2.05, 4.69) is 4.98 Å². The van der Waals surface area contributed by atoms with Crippen molar-refractivity contribution >= 4 is 21.1 Å². The smallest absolute Gasteiger partial charge is 0.269 e. The van der Waals surface area contributed by atoms with Crippen LogP contribution in [0.5, 0.6) is 5.75 Å². The van der Waals surface area contributed by atoms with E-state index in [4.69, 9.17) is 0 Å². The highest BCUT2D eigenvalue weighted by atomic mass is 32.2. The van der Waals surface area contributed by atoms with Crippen molar-refractivity contribution in [3.8, 4) is 28.1 Å². The Morgan fingerprint density at radius 2 is 1.61 bits per heavy atom. The van der Waals surface area contributed by atoms with Crippen LogP contribution in [0, 0.1) is 20.8 Å². The van der Waals surface area contributed by atoms with E-state index in [0.29, 0.717) is 16.6 Å². The molecule has 2 aromatic carbocycles. The van der Waals surface area contributed by atoms with Crippen molar-refractivity contribution in [2.24, 2.45) is 7.05 Å². The van der Waals surface area contributed by atoms with E-state index in [0.717, 1.165) is 27.8 Å². The minimum Gasteiger partial charge on any atom is -0.508 e. The molecule has 0 aliphatic rings. The Balaban J connectivity index is 1.82. The summed E-state index contributed by atoms with van der Waals surface area (Å²) in [6, 6.07) is 16.8. The molecule has 36 heavy (non-hydrogen) atoms. The molecule has 182 valence electrons. The lowest BCUT2D eigenvalue weighted by atomic mass is 9.96. The van der Waals surface area contributed by atoms with Crippen LogP contribution in [0.25, 0.3) is 33.4 Å². The zero-order chi connectivity index (χ0) is 25.8. The Bertz CT molecular complexity index is 1810. The van der Waals surface area contributed by atoms with Gasteiger partial charge in [-0.05, 0) is 73.9 Å². The number of phenols is 1. The number of rotatable bonds is 4. The zero-order valence-corrected chi connectivity index (χ0v) is 21.2. The average molecular weight is 500 g/mol. The largest absolute Gasteiger partial charge is 0.508 e. The van der Waals surface area contributed by atoms with Gasteiger partial charge in [0.2, 0.25) is 0 Å². The molecule has 0 saturated carbocycles. The maximum Gasteiger partial charge on any atom is 0.269 e. The van der Waals surface area contributed by atoms with Crippen molar-refractivity contribution in [3.63, 3.8) is 0 Å². The van der Waals surface area contributed by atoms with Gasteiger partial charge in [-0.2, -0.15) is 0 Å². The number of benzene rings is 2. The minimum absolute atomic E-state index is 0.126. The number of aryl methyl sites for hydroxylation is 3. The number of hydrogen-bond donors (Lipinski definition) is 1. The highest BCUT2D eigenvalue weighted by Crippen LogP contribution is 2.36. The molecule has 8 heteroatoms. The zero-order valence-electron chi connectivity index (χ0n) is 20.4. The van der Waals surface area contributed by atoms with Gasteiger partial charge in [-0.3, -0.25) is 4.79 Å². The van der Waals surface area contributed by atoms with Gasteiger partial charge in [0.15, 0.2) is 5.65 Å². The first kappa shape index (κ1) is 23.6. The van der Waals surface area contributed by atoms with Crippen molar-refractivity contribution in [2.75, 3.05) is 0 Å². The maximum atomic E-state index is 13.9. The fourth-order valence-electron chi connectivity index (χ4n) is 4.45. The van der Waals surface area contributed by atoms with Crippen LogP contribution < -0.4 is 5.56 Å². The summed E-state index contributed by atoms with van der Waals surface area (Å²) in [5.41, 5.74) is 5.04. The van der Waals surface area contributed by atoms with Crippen LogP contribution in [0.3, 0.4) is 0 Å². The third-order valence-corrected chi connectivity index (χ3v) is 8.21. The molecule has 3 heterocycles. The van der Waals surface area contributed by atoms with E-state index in [1.54, 1.807) is 61.9 Å². The number of pyridine rings is 2. The quantitative estimate of drug-likeness (QED) is 0.378. The second kappa shape index (κ2) is 8.49.